The van der Waals surface area contributed by atoms with Crippen molar-refractivity contribution in [2.24, 2.45) is 10.9 Å². The van der Waals surface area contributed by atoms with Crippen LogP contribution < -0.4 is 15.9 Å². The average molecular weight is 377 g/mol. The molecule has 2 aromatic carbocycles. The molecule has 4 aromatic rings. The molecule has 0 bridgehead atoms. The maximum Gasteiger partial charge on any atom is 0.245 e. The van der Waals surface area contributed by atoms with Gasteiger partial charge in [0.05, 0.1) is 7.11 Å². The summed E-state index contributed by atoms with van der Waals surface area (Å²) in [4.78, 5) is 8.82. The molecule has 0 amide bonds. The molecule has 4 rings (SSSR count). The molecule has 28 heavy (non-hydrogen) atoms. The van der Waals surface area contributed by atoms with E-state index in [1.165, 1.54) is 13.2 Å². The number of fused-ring (bicyclic) bond motifs is 1. The summed E-state index contributed by atoms with van der Waals surface area (Å²) >= 11 is 0. The number of nitrogens with one attached hydrogen (secondary N) is 1. The van der Waals surface area contributed by atoms with E-state index in [0.717, 1.165) is 5.69 Å². The Bertz CT molecular complexity index is 1160. The second-order valence-corrected chi connectivity index (χ2v) is 5.68. The van der Waals surface area contributed by atoms with Crippen LogP contribution in [-0.4, -0.2) is 38.2 Å². The number of methoxy groups -OCH3 is 1. The first-order valence-corrected chi connectivity index (χ1v) is 8.17. The number of rotatable bonds is 5. The molecule has 0 aliphatic carbocycles. The zero-order valence-electron chi connectivity index (χ0n) is 14.7. The smallest absolute Gasteiger partial charge is 0.245 e. The number of nitrogens with two attached hydrogens (primary N) is 1. The Balaban J connectivity index is 1.86. The van der Waals surface area contributed by atoms with Gasteiger partial charge in [-0.3, -0.25) is 0 Å². The van der Waals surface area contributed by atoms with Gasteiger partial charge in [-0.1, -0.05) is 18.2 Å². The SMILES string of the molecule is COc1ccc(/C(=N\N)c2nc3nonc3nc2Nc2ccccc2)c(O)c1. The van der Waals surface area contributed by atoms with Crippen molar-refractivity contribution in [1.82, 2.24) is 20.3 Å². The quantitative estimate of drug-likeness (QED) is 0.271. The van der Waals surface area contributed by atoms with Crippen molar-refractivity contribution >= 4 is 28.5 Å². The lowest BCUT2D eigenvalue weighted by Crippen LogP contribution is -2.13. The number of aromatic nitrogens is 4. The summed E-state index contributed by atoms with van der Waals surface area (Å²) in [6, 6.07) is 14.1. The maximum absolute atomic E-state index is 10.4. The average Bonchev–Trinajstić information content (AvgIpc) is 3.17. The van der Waals surface area contributed by atoms with Gasteiger partial charge in [0.25, 0.3) is 0 Å². The van der Waals surface area contributed by atoms with Gasteiger partial charge in [-0.15, -0.1) is 0 Å². The zero-order chi connectivity index (χ0) is 19.5. The Morgan fingerprint density at radius 3 is 2.54 bits per heavy atom. The summed E-state index contributed by atoms with van der Waals surface area (Å²) in [7, 11) is 1.51. The third kappa shape index (κ3) is 3.14. The van der Waals surface area contributed by atoms with Crippen LogP contribution in [0.4, 0.5) is 11.5 Å². The fourth-order valence-electron chi connectivity index (χ4n) is 2.65. The van der Waals surface area contributed by atoms with Crippen molar-refractivity contribution in [2.75, 3.05) is 12.4 Å². The molecule has 140 valence electrons. The second-order valence-electron chi connectivity index (χ2n) is 5.68. The number of hydrogen-bond acceptors (Lipinski definition) is 10. The van der Waals surface area contributed by atoms with Crippen LogP contribution in [0.1, 0.15) is 11.3 Å². The summed E-state index contributed by atoms with van der Waals surface area (Å²) in [6.07, 6.45) is 0. The predicted molar refractivity (Wildman–Crippen MR) is 102 cm³/mol. The van der Waals surface area contributed by atoms with Gasteiger partial charge in [-0.2, -0.15) is 5.10 Å². The molecule has 10 nitrogen and oxygen atoms in total. The molecule has 0 aliphatic rings. The number of para-hydroxylation sites is 1. The molecule has 0 atom stereocenters. The fourth-order valence-corrected chi connectivity index (χ4v) is 2.65. The van der Waals surface area contributed by atoms with Crippen LogP contribution in [0.2, 0.25) is 0 Å². The van der Waals surface area contributed by atoms with E-state index in [4.69, 9.17) is 15.2 Å². The largest absolute Gasteiger partial charge is 0.507 e. The first kappa shape index (κ1) is 17.2. The topological polar surface area (TPSA) is 145 Å². The highest BCUT2D eigenvalue weighted by Gasteiger charge is 2.21. The second kappa shape index (κ2) is 7.19. The molecule has 0 fully saturated rings. The molecule has 2 aromatic heterocycles. The van der Waals surface area contributed by atoms with E-state index in [9.17, 15) is 5.11 Å². The summed E-state index contributed by atoms with van der Waals surface area (Å²) in [5.41, 5.74) is 2.00. The van der Waals surface area contributed by atoms with Gasteiger partial charge in [0, 0.05) is 17.3 Å². The highest BCUT2D eigenvalue weighted by atomic mass is 16.6. The highest BCUT2D eigenvalue weighted by Crippen LogP contribution is 2.29. The van der Waals surface area contributed by atoms with Gasteiger partial charge >= 0.3 is 0 Å². The molecule has 0 unspecified atom stereocenters. The number of hydrogen-bond donors (Lipinski definition) is 3. The zero-order valence-corrected chi connectivity index (χ0v) is 14.7. The molecule has 0 saturated carbocycles. The lowest BCUT2D eigenvalue weighted by atomic mass is 10.1. The Morgan fingerprint density at radius 2 is 1.86 bits per heavy atom. The third-order valence-corrected chi connectivity index (χ3v) is 3.96. The number of anilines is 2. The van der Waals surface area contributed by atoms with Crippen molar-refractivity contribution in [3.63, 3.8) is 0 Å². The molecule has 0 radical (unpaired) electrons. The van der Waals surface area contributed by atoms with Gasteiger partial charge in [-0.25, -0.2) is 14.6 Å². The first-order valence-electron chi connectivity index (χ1n) is 8.17. The monoisotopic (exact) mass is 377 g/mol. The Labute approximate surface area is 158 Å². The van der Waals surface area contributed by atoms with E-state index in [2.05, 4.69) is 30.7 Å². The minimum Gasteiger partial charge on any atom is -0.507 e. The number of aromatic hydroxyl groups is 1. The minimum atomic E-state index is -0.0746. The van der Waals surface area contributed by atoms with Crippen molar-refractivity contribution < 1.29 is 14.5 Å². The standard InChI is InChI=1S/C18H15N7O3/c1-27-11-7-8-12(13(26)9-11)14(23-19)15-16(20-10-5-3-2-4-6-10)22-18-17(21-15)24-28-25-18/h2-9,26H,19H2,1H3,(H,20,22,25)/b23-14+. The van der Waals surface area contributed by atoms with Gasteiger partial charge in [0.15, 0.2) is 5.82 Å². The van der Waals surface area contributed by atoms with E-state index < -0.39 is 0 Å². The van der Waals surface area contributed by atoms with Gasteiger partial charge in [0.2, 0.25) is 11.3 Å². The van der Waals surface area contributed by atoms with Crippen molar-refractivity contribution in [1.29, 1.82) is 0 Å². The predicted octanol–water partition coefficient (Wildman–Crippen LogP) is 2.18. The van der Waals surface area contributed by atoms with E-state index in [0.29, 0.717) is 17.1 Å². The normalized spacial score (nSPS) is 11.5. The summed E-state index contributed by atoms with van der Waals surface area (Å²) in [5, 5.41) is 24.8. The van der Waals surface area contributed by atoms with E-state index in [1.54, 1.807) is 12.1 Å². The van der Waals surface area contributed by atoms with Crippen LogP contribution in [0.25, 0.3) is 11.3 Å². The lowest BCUT2D eigenvalue weighted by molar-refractivity contribution is 0.314. The lowest BCUT2D eigenvalue weighted by Gasteiger charge is -2.13. The molecule has 0 saturated heterocycles. The summed E-state index contributed by atoms with van der Waals surface area (Å²) < 4.78 is 9.83. The third-order valence-electron chi connectivity index (χ3n) is 3.96. The van der Waals surface area contributed by atoms with Gasteiger partial charge < -0.3 is 21.0 Å². The van der Waals surface area contributed by atoms with E-state index >= 15 is 0 Å². The first-order chi connectivity index (χ1) is 13.7. The summed E-state index contributed by atoms with van der Waals surface area (Å²) in [6.45, 7) is 0. The molecular formula is C18H15N7O3. The fraction of sp³-hybridized carbons (Fsp3) is 0.0556. The van der Waals surface area contributed by atoms with Crippen LogP contribution in [0, 0.1) is 0 Å². The van der Waals surface area contributed by atoms with Crippen LogP contribution in [0.3, 0.4) is 0 Å². The molecular weight excluding hydrogens is 362 g/mol. The highest BCUT2D eigenvalue weighted by molar-refractivity contribution is 6.16. The van der Waals surface area contributed by atoms with Crippen LogP contribution in [0.15, 0.2) is 58.3 Å². The van der Waals surface area contributed by atoms with Gasteiger partial charge in [-0.05, 0) is 34.6 Å². The Hall–Kier alpha value is -4.21. The van der Waals surface area contributed by atoms with Gasteiger partial charge in [0.1, 0.15) is 22.9 Å². The Kier molecular flexibility index (Phi) is 4.42. The number of benzene rings is 2. The van der Waals surface area contributed by atoms with Crippen molar-refractivity contribution in [3.05, 3.63) is 59.8 Å². The molecule has 4 N–H and O–H groups in total. The van der Waals surface area contributed by atoms with E-state index in [1.807, 2.05) is 30.3 Å². The Morgan fingerprint density at radius 1 is 1.11 bits per heavy atom. The number of hydrazone groups is 1. The number of nitrogens with zero attached hydrogens (tertiary/aromatic N) is 5. The molecule has 2 heterocycles. The van der Waals surface area contributed by atoms with Crippen molar-refractivity contribution in [2.45, 2.75) is 0 Å². The molecule has 0 aliphatic heterocycles. The van der Waals surface area contributed by atoms with Crippen LogP contribution in [-0.2, 0) is 0 Å². The van der Waals surface area contributed by atoms with E-state index in [-0.39, 0.29) is 28.4 Å². The maximum atomic E-state index is 10.4. The molecule has 0 spiro atoms. The number of ether oxygens (including phenoxy) is 1. The van der Waals surface area contributed by atoms with Crippen LogP contribution in [0.5, 0.6) is 11.5 Å². The summed E-state index contributed by atoms with van der Waals surface area (Å²) in [5.74, 6) is 6.39. The molecule has 10 heteroatoms. The van der Waals surface area contributed by atoms with Crippen LogP contribution >= 0.6 is 0 Å². The van der Waals surface area contributed by atoms with Crippen molar-refractivity contribution in [3.8, 4) is 11.5 Å². The minimum absolute atomic E-state index is 0.0746. The number of phenolic OH excluding ortho intramolecular Hbond substituents is 1. The number of phenols is 1.